The van der Waals surface area contributed by atoms with Crippen LogP contribution in [-0.4, -0.2) is 42.8 Å². The average Bonchev–Trinajstić information content (AvgIpc) is 2.40. The Kier molecular flexibility index (Phi) is 22.1. The van der Waals surface area contributed by atoms with Crippen LogP contribution in [0.2, 0.25) is 0 Å². The summed E-state index contributed by atoms with van der Waals surface area (Å²) in [6.45, 7) is 3.46. The second kappa shape index (κ2) is 16.3. The standard InChI is InChI=1S/2C6H6N2O2.Co.4H2O/c2*1-4-2-8-5(3-7-4)6(9)10;;;;;/h2*2-3H,1H3,(H,9,10);;4*1H2/q;;+2;;;;. The SMILES string of the molecule is Cc1cnc(C(=O)[O-])cn1.Cc1cnc(C(=O)[O-])cn1.O.O.[Co+2].[OH3+].[OH3+]. The molecule has 25 heavy (non-hydrogen) atoms. The smallest absolute Gasteiger partial charge is 0.543 e. The first-order chi connectivity index (χ1) is 9.40. The number of hydrogen-bond donors (Lipinski definition) is 0. The van der Waals surface area contributed by atoms with Gasteiger partial charge in [-0.3, -0.25) is 19.9 Å². The third-order valence-corrected chi connectivity index (χ3v) is 1.98. The molecule has 0 atom stereocenters. The summed E-state index contributed by atoms with van der Waals surface area (Å²) in [5.74, 6) is -2.60. The van der Waals surface area contributed by atoms with E-state index < -0.39 is 11.9 Å². The van der Waals surface area contributed by atoms with E-state index in [4.69, 9.17) is 0 Å². The molecule has 0 bridgehead atoms. The van der Waals surface area contributed by atoms with Crippen LogP contribution in [0.25, 0.3) is 0 Å². The first kappa shape index (κ1) is 33.9. The van der Waals surface area contributed by atoms with E-state index in [2.05, 4.69) is 19.9 Å². The van der Waals surface area contributed by atoms with Crippen LogP contribution in [0.15, 0.2) is 24.8 Å². The topological polar surface area (TPSA) is 261 Å². The zero-order valence-electron chi connectivity index (χ0n) is 13.2. The Balaban J connectivity index is -0.0000000889. The van der Waals surface area contributed by atoms with E-state index in [1.54, 1.807) is 13.8 Å². The van der Waals surface area contributed by atoms with Gasteiger partial charge in [0, 0.05) is 12.4 Å². The van der Waals surface area contributed by atoms with E-state index in [0.29, 0.717) is 11.4 Å². The first-order valence-electron chi connectivity index (χ1n) is 5.40. The average molecular weight is 407 g/mol. The van der Waals surface area contributed by atoms with Crippen molar-refractivity contribution < 1.29 is 58.5 Å². The van der Waals surface area contributed by atoms with Gasteiger partial charge in [0.25, 0.3) is 0 Å². The number of carboxylic acids is 2. The summed E-state index contributed by atoms with van der Waals surface area (Å²) in [5.41, 5.74) is 1.10. The van der Waals surface area contributed by atoms with Gasteiger partial charge in [0.2, 0.25) is 0 Å². The van der Waals surface area contributed by atoms with Gasteiger partial charge in [0.05, 0.1) is 35.7 Å². The van der Waals surface area contributed by atoms with Gasteiger partial charge in [-0.15, -0.1) is 0 Å². The maximum Gasteiger partial charge on any atom is 2.00 e. The van der Waals surface area contributed by atoms with E-state index in [0.717, 1.165) is 0 Å². The predicted octanol–water partition coefficient (Wildman–Crippen LogP) is -5.20. The molecule has 0 saturated heterocycles. The van der Waals surface area contributed by atoms with Crippen molar-refractivity contribution in [3.8, 4) is 0 Å². The predicted molar refractivity (Wildman–Crippen MR) is 79.2 cm³/mol. The molecule has 0 fully saturated rings. The molecule has 143 valence electrons. The van der Waals surface area contributed by atoms with Gasteiger partial charge < -0.3 is 41.7 Å². The molecule has 13 heteroatoms. The quantitative estimate of drug-likeness (QED) is 0.433. The monoisotopic (exact) mass is 407 g/mol. The third-order valence-electron chi connectivity index (χ3n) is 1.98. The van der Waals surface area contributed by atoms with E-state index in [1.807, 2.05) is 0 Å². The normalized spacial score (nSPS) is 7.44. The largest absolute Gasteiger partial charge is 2.00 e. The van der Waals surface area contributed by atoms with Crippen LogP contribution in [-0.2, 0) is 27.7 Å². The molecule has 2 rings (SSSR count). The molecule has 0 aromatic carbocycles. The number of hydrogen-bond acceptors (Lipinski definition) is 8. The third kappa shape index (κ3) is 12.5. The second-order valence-electron chi connectivity index (χ2n) is 3.66. The van der Waals surface area contributed by atoms with Crippen LogP contribution >= 0.6 is 0 Å². The molecule has 0 aliphatic carbocycles. The van der Waals surface area contributed by atoms with Gasteiger partial charge in [-0.05, 0) is 13.8 Å². The van der Waals surface area contributed by atoms with Crippen LogP contribution in [0.3, 0.4) is 0 Å². The van der Waals surface area contributed by atoms with Gasteiger partial charge in [-0.25, -0.2) is 0 Å². The van der Waals surface area contributed by atoms with E-state index >= 15 is 0 Å². The maximum atomic E-state index is 10.1. The molecular formula is C12H20CoN4O8+2. The molecule has 1 radical (unpaired) electrons. The van der Waals surface area contributed by atoms with Crippen molar-refractivity contribution >= 4 is 11.9 Å². The Morgan fingerprint density at radius 3 is 1.16 bits per heavy atom. The number of carbonyl (C=O) groups is 2. The minimum Gasteiger partial charge on any atom is -0.543 e. The Hall–Kier alpha value is -2.55. The van der Waals surface area contributed by atoms with Gasteiger partial charge in [0.1, 0.15) is 11.4 Å². The van der Waals surface area contributed by atoms with E-state index in [-0.39, 0.29) is 50.1 Å². The number of aromatic carboxylic acids is 2. The van der Waals surface area contributed by atoms with Crippen LogP contribution in [0.4, 0.5) is 0 Å². The van der Waals surface area contributed by atoms with Crippen LogP contribution in [0, 0.1) is 13.8 Å². The molecule has 2 aromatic heterocycles. The second-order valence-corrected chi connectivity index (χ2v) is 3.66. The molecule has 0 spiro atoms. The number of nitrogens with zero attached hydrogens (tertiary/aromatic N) is 4. The minimum atomic E-state index is -1.30. The fraction of sp³-hybridized carbons (Fsp3) is 0.167. The van der Waals surface area contributed by atoms with Crippen LogP contribution in [0.5, 0.6) is 0 Å². The molecule has 12 nitrogen and oxygen atoms in total. The molecule has 2 aromatic rings. The molecule has 0 saturated carbocycles. The Morgan fingerprint density at radius 2 is 1.00 bits per heavy atom. The molecule has 0 amide bonds. The van der Waals surface area contributed by atoms with Crippen molar-refractivity contribution in [2.45, 2.75) is 13.8 Å². The van der Waals surface area contributed by atoms with E-state index in [1.165, 1.54) is 24.8 Å². The summed E-state index contributed by atoms with van der Waals surface area (Å²) in [5, 5.41) is 20.2. The summed E-state index contributed by atoms with van der Waals surface area (Å²) in [6.07, 6.45) is 5.10. The minimum absolute atomic E-state index is 0. The maximum absolute atomic E-state index is 10.1. The summed E-state index contributed by atoms with van der Waals surface area (Å²) in [4.78, 5) is 34.7. The van der Waals surface area contributed by atoms with Gasteiger partial charge in [-0.2, -0.15) is 0 Å². The number of aromatic nitrogens is 4. The van der Waals surface area contributed by atoms with Crippen molar-refractivity contribution in [1.29, 1.82) is 0 Å². The number of rotatable bonds is 2. The van der Waals surface area contributed by atoms with Crippen LogP contribution in [0.1, 0.15) is 32.4 Å². The Morgan fingerprint density at radius 1 is 0.720 bits per heavy atom. The molecule has 2 heterocycles. The van der Waals surface area contributed by atoms with Crippen molar-refractivity contribution in [2.75, 3.05) is 0 Å². The fourth-order valence-electron chi connectivity index (χ4n) is 0.996. The van der Waals surface area contributed by atoms with Crippen LogP contribution < -0.4 is 10.2 Å². The first-order valence-corrected chi connectivity index (χ1v) is 5.40. The molecule has 0 aliphatic rings. The zero-order chi connectivity index (χ0) is 15.1. The van der Waals surface area contributed by atoms with E-state index in [9.17, 15) is 19.8 Å². The zero-order valence-corrected chi connectivity index (χ0v) is 14.3. The molecule has 0 unspecified atom stereocenters. The summed E-state index contributed by atoms with van der Waals surface area (Å²) < 4.78 is 0. The Bertz CT molecular complexity index is 554. The Labute approximate surface area is 152 Å². The molecule has 0 aliphatic heterocycles. The number of carbonyl (C=O) groups excluding carboxylic acids is 2. The molecule has 10 N–H and O–H groups in total. The van der Waals surface area contributed by atoms with Crippen molar-refractivity contribution in [3.63, 3.8) is 0 Å². The number of carboxylic acid groups (broad SMARTS) is 2. The molecular weight excluding hydrogens is 387 g/mol. The van der Waals surface area contributed by atoms with Gasteiger partial charge in [-0.1, -0.05) is 0 Å². The van der Waals surface area contributed by atoms with Crippen molar-refractivity contribution in [3.05, 3.63) is 47.6 Å². The summed E-state index contributed by atoms with van der Waals surface area (Å²) in [7, 11) is 0. The van der Waals surface area contributed by atoms with Gasteiger partial charge >= 0.3 is 16.8 Å². The number of aryl methyl sites for hydroxylation is 2. The van der Waals surface area contributed by atoms with Crippen molar-refractivity contribution in [2.24, 2.45) is 0 Å². The van der Waals surface area contributed by atoms with Crippen molar-refractivity contribution in [1.82, 2.24) is 19.9 Å². The van der Waals surface area contributed by atoms with Gasteiger partial charge in [0.15, 0.2) is 0 Å². The summed E-state index contributed by atoms with van der Waals surface area (Å²) >= 11 is 0. The fourth-order valence-corrected chi connectivity index (χ4v) is 0.996. The summed E-state index contributed by atoms with van der Waals surface area (Å²) in [6, 6.07) is 0.